The molecular weight excluding hydrogens is 384 g/mol. The minimum absolute atomic E-state index is 0.778. The molecule has 0 radical (unpaired) electrons. The van der Waals surface area contributed by atoms with Crippen LogP contribution in [0.15, 0.2) is 65.1 Å². The first-order valence-corrected chi connectivity index (χ1v) is 10.7. The van der Waals surface area contributed by atoms with Crippen molar-refractivity contribution < 1.29 is 0 Å². The van der Waals surface area contributed by atoms with Gasteiger partial charge in [-0.1, -0.05) is 60.2 Å². The Labute approximate surface area is 172 Å². The van der Waals surface area contributed by atoms with E-state index in [0.717, 1.165) is 43.2 Å². The van der Waals surface area contributed by atoms with E-state index in [9.17, 15) is 0 Å². The highest BCUT2D eigenvalue weighted by molar-refractivity contribution is 7.17. The minimum atomic E-state index is 0.778. The Morgan fingerprint density at radius 2 is 1.68 bits per heavy atom. The van der Waals surface area contributed by atoms with Gasteiger partial charge in [-0.25, -0.2) is 9.97 Å². The van der Waals surface area contributed by atoms with Crippen LogP contribution >= 0.6 is 22.7 Å². The van der Waals surface area contributed by atoms with Crippen LogP contribution in [0.3, 0.4) is 0 Å². The average Bonchev–Trinajstić information content (AvgIpc) is 3.34. The molecule has 0 bridgehead atoms. The van der Waals surface area contributed by atoms with Crippen LogP contribution in [-0.2, 0) is 0 Å². The highest BCUT2D eigenvalue weighted by atomic mass is 32.1. The van der Waals surface area contributed by atoms with Crippen LogP contribution < -0.4 is 5.43 Å². The molecule has 0 aliphatic carbocycles. The molecule has 6 heteroatoms. The predicted molar refractivity (Wildman–Crippen MR) is 120 cm³/mol. The van der Waals surface area contributed by atoms with E-state index >= 15 is 0 Å². The van der Waals surface area contributed by atoms with E-state index in [1.54, 1.807) is 22.7 Å². The molecule has 0 unspecified atom stereocenters. The fourth-order valence-corrected chi connectivity index (χ4v) is 4.48. The lowest BCUT2D eigenvalue weighted by atomic mass is 10.1. The molecule has 2 aromatic heterocycles. The van der Waals surface area contributed by atoms with Crippen LogP contribution in [0.4, 0.5) is 5.13 Å². The van der Waals surface area contributed by atoms with Gasteiger partial charge in [0, 0.05) is 16.5 Å². The Balaban J connectivity index is 1.51. The van der Waals surface area contributed by atoms with Crippen molar-refractivity contribution in [2.24, 2.45) is 5.10 Å². The van der Waals surface area contributed by atoms with Gasteiger partial charge in [0.15, 0.2) is 0 Å². The Hall–Kier alpha value is -2.83. The summed E-state index contributed by atoms with van der Waals surface area (Å²) in [5, 5.41) is 8.37. The maximum absolute atomic E-state index is 4.70. The van der Waals surface area contributed by atoms with E-state index < -0.39 is 0 Å². The van der Waals surface area contributed by atoms with Crippen LogP contribution in [0, 0.1) is 13.8 Å². The highest BCUT2D eigenvalue weighted by Crippen LogP contribution is 2.29. The Bertz CT molecular complexity index is 1110. The van der Waals surface area contributed by atoms with Crippen molar-refractivity contribution in [1.29, 1.82) is 0 Å². The normalized spacial score (nSPS) is 11.6. The molecule has 0 aliphatic rings. The molecule has 1 N–H and O–H groups in total. The van der Waals surface area contributed by atoms with Gasteiger partial charge < -0.3 is 0 Å². The number of hydrogen-bond donors (Lipinski definition) is 1. The third-order valence-corrected chi connectivity index (χ3v) is 6.38. The van der Waals surface area contributed by atoms with Gasteiger partial charge in [-0.05, 0) is 20.8 Å². The number of nitrogens with zero attached hydrogens (tertiary/aromatic N) is 3. The van der Waals surface area contributed by atoms with Crippen LogP contribution in [0.2, 0.25) is 0 Å². The summed E-state index contributed by atoms with van der Waals surface area (Å²) in [6, 6.07) is 18.6. The van der Waals surface area contributed by atoms with Crippen LogP contribution in [-0.4, -0.2) is 15.7 Å². The number of hydrazone groups is 1. The van der Waals surface area contributed by atoms with E-state index in [-0.39, 0.29) is 0 Å². The van der Waals surface area contributed by atoms with Crippen molar-refractivity contribution >= 4 is 33.5 Å². The zero-order chi connectivity index (χ0) is 19.5. The summed E-state index contributed by atoms with van der Waals surface area (Å²) in [6.45, 7) is 6.10. The molecule has 0 saturated carbocycles. The Morgan fingerprint density at radius 1 is 0.929 bits per heavy atom. The molecule has 0 aliphatic heterocycles. The number of nitrogens with one attached hydrogen (secondary N) is 1. The summed E-state index contributed by atoms with van der Waals surface area (Å²) in [5.74, 6) is 0. The Kier molecular flexibility index (Phi) is 5.32. The predicted octanol–water partition coefficient (Wildman–Crippen LogP) is 6.39. The molecule has 0 amide bonds. The molecule has 28 heavy (non-hydrogen) atoms. The summed E-state index contributed by atoms with van der Waals surface area (Å²) in [7, 11) is 0. The third kappa shape index (κ3) is 4.03. The molecule has 4 rings (SSSR count). The molecule has 0 spiro atoms. The minimum Gasteiger partial charge on any atom is -0.252 e. The fraction of sp³-hybridized carbons (Fsp3) is 0.136. The molecule has 2 heterocycles. The number of anilines is 1. The Morgan fingerprint density at radius 3 is 2.43 bits per heavy atom. The quantitative estimate of drug-likeness (QED) is 0.310. The van der Waals surface area contributed by atoms with E-state index in [0.29, 0.717) is 0 Å². The van der Waals surface area contributed by atoms with Gasteiger partial charge >= 0.3 is 0 Å². The van der Waals surface area contributed by atoms with Gasteiger partial charge in [0.2, 0.25) is 5.13 Å². The van der Waals surface area contributed by atoms with Crippen molar-refractivity contribution in [2.75, 3.05) is 5.43 Å². The molecule has 0 saturated heterocycles. The number of benzene rings is 2. The van der Waals surface area contributed by atoms with Gasteiger partial charge in [0.25, 0.3) is 0 Å². The van der Waals surface area contributed by atoms with Crippen molar-refractivity contribution in [3.05, 3.63) is 76.1 Å². The molecule has 2 aromatic carbocycles. The zero-order valence-electron chi connectivity index (χ0n) is 15.9. The molecule has 4 aromatic rings. The number of aromatic nitrogens is 2. The van der Waals surface area contributed by atoms with Gasteiger partial charge in [-0.3, -0.25) is 5.43 Å². The summed E-state index contributed by atoms with van der Waals surface area (Å²) >= 11 is 3.21. The van der Waals surface area contributed by atoms with Crippen LogP contribution in [0.25, 0.3) is 21.8 Å². The second-order valence-corrected chi connectivity index (χ2v) is 8.37. The number of rotatable bonds is 5. The highest BCUT2D eigenvalue weighted by Gasteiger charge is 2.12. The lowest BCUT2D eigenvalue weighted by Gasteiger charge is -1.99. The fourth-order valence-electron chi connectivity index (χ4n) is 2.80. The van der Waals surface area contributed by atoms with Crippen LogP contribution in [0.1, 0.15) is 23.1 Å². The molecule has 140 valence electrons. The molecule has 4 nitrogen and oxygen atoms in total. The van der Waals surface area contributed by atoms with Crippen molar-refractivity contribution in [1.82, 2.24) is 9.97 Å². The van der Waals surface area contributed by atoms with E-state index in [1.165, 1.54) is 5.56 Å². The smallest absolute Gasteiger partial charge is 0.203 e. The first-order chi connectivity index (χ1) is 13.6. The van der Waals surface area contributed by atoms with Crippen molar-refractivity contribution in [3.8, 4) is 21.8 Å². The standard InChI is InChI=1S/C22H20N4S2/c1-14-9-11-17(12-10-14)19-13-27-22(24-19)26-25-16(3)20-15(2)23-21(28-20)18-7-5-4-6-8-18/h4-13H,1-3H3,(H,24,26)/b25-16+. The number of aryl methyl sites for hydroxylation is 2. The first-order valence-electron chi connectivity index (χ1n) is 8.96. The van der Waals surface area contributed by atoms with Crippen molar-refractivity contribution in [2.45, 2.75) is 20.8 Å². The topological polar surface area (TPSA) is 50.2 Å². The number of hydrogen-bond acceptors (Lipinski definition) is 6. The average molecular weight is 405 g/mol. The largest absolute Gasteiger partial charge is 0.252 e. The molecular formula is C22H20N4S2. The SMILES string of the molecule is C/C(=N\Nc1nc(-c2ccc(C)cc2)cs1)c1sc(-c2ccccc2)nc1C. The summed E-state index contributed by atoms with van der Waals surface area (Å²) in [6.07, 6.45) is 0. The summed E-state index contributed by atoms with van der Waals surface area (Å²) in [4.78, 5) is 10.4. The zero-order valence-corrected chi connectivity index (χ0v) is 17.6. The maximum Gasteiger partial charge on any atom is 0.203 e. The van der Waals surface area contributed by atoms with E-state index in [4.69, 9.17) is 4.98 Å². The van der Waals surface area contributed by atoms with Gasteiger partial charge in [-0.2, -0.15) is 5.10 Å². The second kappa shape index (κ2) is 8.04. The molecule has 0 atom stereocenters. The van der Waals surface area contributed by atoms with Crippen molar-refractivity contribution in [3.63, 3.8) is 0 Å². The first kappa shape index (κ1) is 18.5. The summed E-state index contributed by atoms with van der Waals surface area (Å²) < 4.78 is 0. The van der Waals surface area contributed by atoms with Crippen LogP contribution in [0.5, 0.6) is 0 Å². The monoisotopic (exact) mass is 404 g/mol. The lowest BCUT2D eigenvalue weighted by Crippen LogP contribution is -1.99. The lowest BCUT2D eigenvalue weighted by molar-refractivity contribution is 1.24. The van der Waals surface area contributed by atoms with Gasteiger partial charge in [-0.15, -0.1) is 22.7 Å². The van der Waals surface area contributed by atoms with Gasteiger partial charge in [0.05, 0.1) is 22.0 Å². The van der Waals surface area contributed by atoms with E-state index in [1.807, 2.05) is 37.4 Å². The maximum atomic E-state index is 4.70. The number of thiazole rings is 2. The van der Waals surface area contributed by atoms with Gasteiger partial charge in [0.1, 0.15) is 5.01 Å². The van der Waals surface area contributed by atoms with E-state index in [2.05, 4.69) is 58.8 Å². The molecule has 0 fully saturated rings. The summed E-state index contributed by atoms with van der Waals surface area (Å²) in [5.41, 5.74) is 9.44. The second-order valence-electron chi connectivity index (χ2n) is 6.51. The third-order valence-electron chi connectivity index (χ3n) is 4.32.